The van der Waals surface area contributed by atoms with Crippen molar-refractivity contribution in [2.45, 2.75) is 25.5 Å². The quantitative estimate of drug-likeness (QED) is 0.736. The maximum absolute atomic E-state index is 12.8. The molecule has 1 aromatic carbocycles. The zero-order valence-corrected chi connectivity index (χ0v) is 15.3. The zero-order chi connectivity index (χ0) is 18.9. The molecule has 0 aliphatic carbocycles. The van der Waals surface area contributed by atoms with Gasteiger partial charge in [-0.1, -0.05) is 25.6 Å². The standard InChI is InChI=1S/C19H20F3N2OS/c1-13(2)11-24-17(25)12-26-18(24)23-10-4-3-5-16(23)14-6-8-15(9-7-14)19(20,21)22/h3-10,13,18H,11-12H2,1-2H3/q+1. The van der Waals surface area contributed by atoms with Gasteiger partial charge in [0.2, 0.25) is 11.6 Å². The van der Waals surface area contributed by atoms with Crippen LogP contribution in [0.5, 0.6) is 0 Å². The minimum absolute atomic E-state index is 0.0865. The lowest BCUT2D eigenvalue weighted by molar-refractivity contribution is -0.705. The smallest absolute Gasteiger partial charge is 0.274 e. The van der Waals surface area contributed by atoms with Crippen LogP contribution < -0.4 is 4.57 Å². The topological polar surface area (TPSA) is 24.2 Å². The summed E-state index contributed by atoms with van der Waals surface area (Å²) in [5, 5.41) is 0. The highest BCUT2D eigenvalue weighted by molar-refractivity contribution is 8.00. The number of hydrogen-bond donors (Lipinski definition) is 0. The van der Waals surface area contributed by atoms with E-state index in [4.69, 9.17) is 0 Å². The van der Waals surface area contributed by atoms with Gasteiger partial charge in [-0.3, -0.25) is 9.69 Å². The molecule has 0 radical (unpaired) electrons. The maximum atomic E-state index is 12.8. The first kappa shape index (κ1) is 18.8. The second-order valence-electron chi connectivity index (χ2n) is 6.65. The first-order valence-corrected chi connectivity index (χ1v) is 9.41. The number of nitrogens with zero attached hydrogens (tertiary/aromatic N) is 2. The number of carbonyl (C=O) groups is 1. The van der Waals surface area contributed by atoms with E-state index in [-0.39, 0.29) is 11.4 Å². The molecule has 2 heterocycles. The fourth-order valence-electron chi connectivity index (χ4n) is 2.98. The summed E-state index contributed by atoms with van der Waals surface area (Å²) in [5.74, 6) is 0.827. The number of hydrogen-bond acceptors (Lipinski definition) is 2. The Kier molecular flexibility index (Phi) is 5.27. The molecule has 1 aromatic heterocycles. The lowest BCUT2D eigenvalue weighted by Gasteiger charge is -2.22. The van der Waals surface area contributed by atoms with Crippen molar-refractivity contribution in [2.75, 3.05) is 12.3 Å². The maximum Gasteiger partial charge on any atom is 0.416 e. The highest BCUT2D eigenvalue weighted by Crippen LogP contribution is 2.34. The average Bonchev–Trinajstić information content (AvgIpc) is 2.94. The van der Waals surface area contributed by atoms with Crippen molar-refractivity contribution in [3.63, 3.8) is 0 Å². The zero-order valence-electron chi connectivity index (χ0n) is 14.5. The molecule has 1 atom stereocenters. The molecule has 3 rings (SSSR count). The van der Waals surface area contributed by atoms with Crippen molar-refractivity contribution in [1.29, 1.82) is 0 Å². The molecule has 1 saturated heterocycles. The SMILES string of the molecule is CC(C)CN1C(=O)CSC1[n+]1ccccc1-c1ccc(C(F)(F)F)cc1. The fourth-order valence-corrected chi connectivity index (χ4v) is 4.17. The van der Waals surface area contributed by atoms with E-state index in [0.717, 1.165) is 17.8 Å². The van der Waals surface area contributed by atoms with E-state index in [2.05, 4.69) is 13.8 Å². The van der Waals surface area contributed by atoms with E-state index in [0.29, 0.717) is 23.8 Å². The summed E-state index contributed by atoms with van der Waals surface area (Å²) in [7, 11) is 0. The van der Waals surface area contributed by atoms with E-state index in [9.17, 15) is 18.0 Å². The number of alkyl halides is 3. The monoisotopic (exact) mass is 381 g/mol. The van der Waals surface area contributed by atoms with Gasteiger partial charge in [-0.2, -0.15) is 17.7 Å². The summed E-state index contributed by atoms with van der Waals surface area (Å²) in [6, 6.07) is 10.7. The number of amides is 1. The molecule has 7 heteroatoms. The molecule has 1 aliphatic rings. The number of aromatic nitrogens is 1. The third kappa shape index (κ3) is 3.87. The molecule has 138 valence electrons. The van der Waals surface area contributed by atoms with Gasteiger partial charge in [-0.15, -0.1) is 0 Å². The second-order valence-corrected chi connectivity index (χ2v) is 7.69. The molecule has 1 unspecified atom stereocenters. The van der Waals surface area contributed by atoms with Crippen LogP contribution in [0.4, 0.5) is 13.2 Å². The van der Waals surface area contributed by atoms with Gasteiger partial charge in [0, 0.05) is 24.2 Å². The van der Waals surface area contributed by atoms with Gasteiger partial charge < -0.3 is 0 Å². The molecule has 2 aromatic rings. The Morgan fingerprint density at radius 3 is 2.50 bits per heavy atom. The molecule has 1 fully saturated rings. The molecular weight excluding hydrogens is 361 g/mol. The summed E-state index contributed by atoms with van der Waals surface area (Å²) in [6.45, 7) is 4.75. The van der Waals surface area contributed by atoms with E-state index in [1.54, 1.807) is 0 Å². The normalized spacial score (nSPS) is 18.0. The van der Waals surface area contributed by atoms with Crippen LogP contribution in [-0.4, -0.2) is 23.1 Å². The van der Waals surface area contributed by atoms with Gasteiger partial charge in [0.15, 0.2) is 6.20 Å². The van der Waals surface area contributed by atoms with Gasteiger partial charge >= 0.3 is 6.18 Å². The van der Waals surface area contributed by atoms with Gasteiger partial charge in [-0.25, -0.2) is 0 Å². The van der Waals surface area contributed by atoms with Crippen LogP contribution in [-0.2, 0) is 11.0 Å². The highest BCUT2D eigenvalue weighted by Gasteiger charge is 2.40. The van der Waals surface area contributed by atoms with Crippen LogP contribution in [0.2, 0.25) is 0 Å². The van der Waals surface area contributed by atoms with Crippen LogP contribution in [0.3, 0.4) is 0 Å². The summed E-state index contributed by atoms with van der Waals surface area (Å²) in [4.78, 5) is 14.1. The minimum atomic E-state index is -4.35. The van der Waals surface area contributed by atoms with Gasteiger partial charge in [-0.05, 0) is 36.2 Å². The number of rotatable bonds is 4. The third-order valence-corrected chi connectivity index (χ3v) is 5.33. The first-order chi connectivity index (χ1) is 12.3. The van der Waals surface area contributed by atoms with Gasteiger partial charge in [0.1, 0.15) is 0 Å². The Morgan fingerprint density at radius 1 is 1.19 bits per heavy atom. The van der Waals surface area contributed by atoms with Crippen LogP contribution in [0.1, 0.15) is 24.9 Å². The molecule has 1 aliphatic heterocycles. The van der Waals surface area contributed by atoms with Crippen molar-refractivity contribution < 1.29 is 22.5 Å². The predicted molar refractivity (Wildman–Crippen MR) is 95.1 cm³/mol. The van der Waals surface area contributed by atoms with Crippen LogP contribution >= 0.6 is 11.8 Å². The fraction of sp³-hybridized carbons (Fsp3) is 0.368. The Morgan fingerprint density at radius 2 is 1.88 bits per heavy atom. The molecule has 0 saturated carbocycles. The molecule has 1 amide bonds. The molecule has 26 heavy (non-hydrogen) atoms. The van der Waals surface area contributed by atoms with Crippen molar-refractivity contribution in [2.24, 2.45) is 5.92 Å². The van der Waals surface area contributed by atoms with E-state index in [1.807, 2.05) is 33.9 Å². The van der Waals surface area contributed by atoms with E-state index >= 15 is 0 Å². The summed E-state index contributed by atoms with van der Waals surface area (Å²) >= 11 is 1.53. The van der Waals surface area contributed by atoms with Crippen molar-refractivity contribution in [3.05, 3.63) is 54.2 Å². The molecule has 0 N–H and O–H groups in total. The Labute approximate surface area is 154 Å². The Balaban J connectivity index is 1.97. The lowest BCUT2D eigenvalue weighted by Crippen LogP contribution is -2.48. The number of carbonyl (C=O) groups excluding carboxylic acids is 1. The van der Waals surface area contributed by atoms with Gasteiger partial charge in [0.05, 0.1) is 11.3 Å². The Hall–Kier alpha value is -2.02. The van der Waals surface area contributed by atoms with Crippen LogP contribution in [0.15, 0.2) is 48.7 Å². The first-order valence-electron chi connectivity index (χ1n) is 8.36. The number of halogens is 3. The predicted octanol–water partition coefficient (Wildman–Crippen LogP) is 4.35. The lowest BCUT2D eigenvalue weighted by atomic mass is 10.1. The van der Waals surface area contributed by atoms with Crippen molar-refractivity contribution >= 4 is 17.7 Å². The Bertz CT molecular complexity index is 790. The highest BCUT2D eigenvalue weighted by atomic mass is 32.2. The minimum Gasteiger partial charge on any atom is -0.274 e. The van der Waals surface area contributed by atoms with Crippen molar-refractivity contribution in [1.82, 2.24) is 4.90 Å². The second kappa shape index (κ2) is 7.31. The van der Waals surface area contributed by atoms with Crippen LogP contribution in [0.25, 0.3) is 11.3 Å². The van der Waals surface area contributed by atoms with Crippen LogP contribution in [0, 0.1) is 5.92 Å². The summed E-state index contributed by atoms with van der Waals surface area (Å²) < 4.78 is 40.4. The largest absolute Gasteiger partial charge is 0.416 e. The van der Waals surface area contributed by atoms with Crippen molar-refractivity contribution in [3.8, 4) is 11.3 Å². The number of benzene rings is 1. The van der Waals surface area contributed by atoms with Gasteiger partial charge in [0.25, 0.3) is 5.50 Å². The number of pyridine rings is 1. The van der Waals surface area contributed by atoms with E-state index < -0.39 is 11.7 Å². The molecule has 0 spiro atoms. The molecule has 0 bridgehead atoms. The summed E-state index contributed by atoms with van der Waals surface area (Å²) in [6.07, 6.45) is -2.48. The molecule has 3 nitrogen and oxygen atoms in total. The third-order valence-electron chi connectivity index (χ3n) is 4.14. The number of thioether (sulfide) groups is 1. The average molecular weight is 381 g/mol. The van der Waals surface area contributed by atoms with E-state index in [1.165, 1.54) is 23.9 Å². The molecular formula is C19H20F3N2OS+. The summed E-state index contributed by atoms with van der Waals surface area (Å²) in [5.41, 5.74) is 0.601.